The minimum absolute atomic E-state index is 0.118. The second-order valence-electron chi connectivity index (χ2n) is 5.54. The Kier molecular flexibility index (Phi) is 3.87. The first-order valence-electron chi connectivity index (χ1n) is 7.14. The fraction of sp³-hybridized carbons (Fsp3) is 0.400. The number of hydrogen-bond donors (Lipinski definition) is 2. The van der Waals surface area contributed by atoms with E-state index in [2.05, 4.69) is 15.3 Å². The van der Waals surface area contributed by atoms with Crippen LogP contribution in [0.1, 0.15) is 25.7 Å². The zero-order valence-corrected chi connectivity index (χ0v) is 11.7. The lowest BCUT2D eigenvalue weighted by molar-refractivity contribution is -0.142. The lowest BCUT2D eigenvalue weighted by atomic mass is 9.86. The fourth-order valence-corrected chi connectivity index (χ4v) is 2.77. The molecule has 0 bridgehead atoms. The van der Waals surface area contributed by atoms with Crippen LogP contribution in [0, 0.1) is 17.6 Å². The number of benzene rings is 1. The number of nitrogens with zero attached hydrogens (tertiary/aromatic N) is 2. The van der Waals surface area contributed by atoms with Crippen LogP contribution in [-0.4, -0.2) is 27.1 Å². The van der Waals surface area contributed by atoms with Crippen LogP contribution in [0.5, 0.6) is 0 Å². The molecule has 1 aromatic carbocycles. The van der Waals surface area contributed by atoms with Crippen molar-refractivity contribution in [2.24, 2.45) is 5.92 Å². The number of carboxylic acid groups (broad SMARTS) is 1. The third-order valence-electron chi connectivity index (χ3n) is 4.01. The van der Waals surface area contributed by atoms with Crippen molar-refractivity contribution in [3.63, 3.8) is 0 Å². The summed E-state index contributed by atoms with van der Waals surface area (Å²) in [5.74, 6) is -2.45. The Balaban J connectivity index is 1.72. The van der Waals surface area contributed by atoms with Gasteiger partial charge < -0.3 is 10.4 Å². The van der Waals surface area contributed by atoms with Crippen LogP contribution in [0.25, 0.3) is 11.0 Å². The summed E-state index contributed by atoms with van der Waals surface area (Å²) < 4.78 is 26.4. The second kappa shape index (κ2) is 5.82. The summed E-state index contributed by atoms with van der Waals surface area (Å²) in [5, 5.41) is 12.2. The Morgan fingerprint density at radius 1 is 1.14 bits per heavy atom. The Morgan fingerprint density at radius 2 is 1.77 bits per heavy atom. The Bertz CT molecular complexity index is 715. The Morgan fingerprint density at radius 3 is 2.41 bits per heavy atom. The summed E-state index contributed by atoms with van der Waals surface area (Å²) in [5.41, 5.74) is 0.571. The van der Waals surface area contributed by atoms with Gasteiger partial charge in [0.15, 0.2) is 11.6 Å². The van der Waals surface area contributed by atoms with Crippen LogP contribution in [0.4, 0.5) is 14.6 Å². The van der Waals surface area contributed by atoms with Crippen LogP contribution in [0.2, 0.25) is 0 Å². The summed E-state index contributed by atoms with van der Waals surface area (Å²) in [7, 11) is 0. The van der Waals surface area contributed by atoms with Gasteiger partial charge in [0.25, 0.3) is 0 Å². The van der Waals surface area contributed by atoms with Gasteiger partial charge in [-0.3, -0.25) is 9.78 Å². The third-order valence-corrected chi connectivity index (χ3v) is 4.01. The van der Waals surface area contributed by atoms with Crippen LogP contribution >= 0.6 is 0 Å². The van der Waals surface area contributed by atoms with E-state index in [-0.39, 0.29) is 17.5 Å². The van der Waals surface area contributed by atoms with Crippen molar-refractivity contribution in [3.8, 4) is 0 Å². The summed E-state index contributed by atoms with van der Waals surface area (Å²) in [6.07, 6.45) is 4.17. The predicted octanol–water partition coefficient (Wildman–Crippen LogP) is 2.96. The maximum absolute atomic E-state index is 13.2. The fourth-order valence-electron chi connectivity index (χ4n) is 2.77. The Labute approximate surface area is 125 Å². The first kappa shape index (κ1) is 14.6. The van der Waals surface area contributed by atoms with Crippen LogP contribution < -0.4 is 5.32 Å². The number of aromatic nitrogens is 2. The van der Waals surface area contributed by atoms with Gasteiger partial charge in [-0.15, -0.1) is 0 Å². The van der Waals surface area contributed by atoms with E-state index in [1.54, 1.807) is 0 Å². The number of fused-ring (bicyclic) bond motifs is 1. The first-order chi connectivity index (χ1) is 10.5. The normalized spacial score (nSPS) is 21.7. The molecule has 1 saturated carbocycles. The third kappa shape index (κ3) is 2.98. The standard InChI is InChI=1S/C15H15F2N3O2/c16-10-5-12-13(6-11(10)17)20-14(7-18-12)19-9-3-1-8(2-4-9)15(21)22/h5-9H,1-4H2,(H,19,20)(H,21,22). The van der Waals surface area contributed by atoms with Gasteiger partial charge in [0, 0.05) is 18.2 Å². The molecule has 1 aliphatic rings. The summed E-state index contributed by atoms with van der Waals surface area (Å²) in [6, 6.07) is 2.15. The molecule has 0 radical (unpaired) electrons. The molecule has 116 valence electrons. The van der Waals surface area contributed by atoms with E-state index in [1.807, 2.05) is 0 Å². The highest BCUT2D eigenvalue weighted by Crippen LogP contribution is 2.26. The Hall–Kier alpha value is -2.31. The van der Waals surface area contributed by atoms with E-state index in [1.165, 1.54) is 6.20 Å². The molecule has 1 aliphatic carbocycles. The van der Waals surface area contributed by atoms with E-state index in [4.69, 9.17) is 5.11 Å². The number of carbonyl (C=O) groups is 1. The summed E-state index contributed by atoms with van der Waals surface area (Å²) >= 11 is 0. The van der Waals surface area contributed by atoms with Crippen molar-refractivity contribution in [2.75, 3.05) is 5.32 Å². The summed E-state index contributed by atoms with van der Waals surface area (Å²) in [4.78, 5) is 19.2. The molecule has 0 saturated heterocycles. The van der Waals surface area contributed by atoms with Gasteiger partial charge >= 0.3 is 5.97 Å². The lowest BCUT2D eigenvalue weighted by Crippen LogP contribution is -2.29. The molecule has 5 nitrogen and oxygen atoms in total. The topological polar surface area (TPSA) is 75.1 Å². The average molecular weight is 307 g/mol. The highest BCUT2D eigenvalue weighted by atomic mass is 19.2. The first-order valence-corrected chi connectivity index (χ1v) is 7.14. The molecular formula is C15H15F2N3O2. The number of anilines is 1. The van der Waals surface area contributed by atoms with Crippen molar-refractivity contribution in [2.45, 2.75) is 31.7 Å². The number of aliphatic carboxylic acids is 1. The molecule has 1 aromatic heterocycles. The molecule has 1 heterocycles. The number of hydrogen-bond acceptors (Lipinski definition) is 4. The van der Waals surface area contributed by atoms with E-state index >= 15 is 0 Å². The van der Waals surface area contributed by atoms with Gasteiger partial charge in [-0.05, 0) is 25.7 Å². The van der Waals surface area contributed by atoms with Gasteiger partial charge in [-0.1, -0.05) is 0 Å². The zero-order chi connectivity index (χ0) is 15.7. The van der Waals surface area contributed by atoms with Gasteiger partial charge in [0.05, 0.1) is 23.1 Å². The molecule has 0 spiro atoms. The number of nitrogens with one attached hydrogen (secondary N) is 1. The maximum atomic E-state index is 13.2. The van der Waals surface area contributed by atoms with Crippen LogP contribution in [-0.2, 0) is 4.79 Å². The molecule has 0 aliphatic heterocycles. The predicted molar refractivity (Wildman–Crippen MR) is 76.5 cm³/mol. The van der Waals surface area contributed by atoms with Crippen molar-refractivity contribution in [1.29, 1.82) is 0 Å². The number of halogens is 2. The molecule has 3 rings (SSSR count). The van der Waals surface area contributed by atoms with Gasteiger partial charge in [0.2, 0.25) is 0 Å². The highest BCUT2D eigenvalue weighted by Gasteiger charge is 2.26. The summed E-state index contributed by atoms with van der Waals surface area (Å²) in [6.45, 7) is 0. The molecule has 0 unspecified atom stereocenters. The minimum atomic E-state index is -0.957. The van der Waals surface area contributed by atoms with Crippen LogP contribution in [0.3, 0.4) is 0 Å². The maximum Gasteiger partial charge on any atom is 0.306 e. The van der Waals surface area contributed by atoms with Gasteiger partial charge in [-0.2, -0.15) is 0 Å². The van der Waals surface area contributed by atoms with Crippen molar-refractivity contribution >= 4 is 22.8 Å². The molecule has 2 aromatic rings. The largest absolute Gasteiger partial charge is 0.481 e. The molecule has 7 heteroatoms. The second-order valence-corrected chi connectivity index (χ2v) is 5.54. The molecule has 1 fully saturated rings. The van der Waals surface area contributed by atoms with Crippen LogP contribution in [0.15, 0.2) is 18.3 Å². The highest BCUT2D eigenvalue weighted by molar-refractivity contribution is 5.75. The molecule has 22 heavy (non-hydrogen) atoms. The average Bonchev–Trinajstić information content (AvgIpc) is 2.49. The quantitative estimate of drug-likeness (QED) is 0.912. The van der Waals surface area contributed by atoms with E-state index in [9.17, 15) is 13.6 Å². The number of carboxylic acids is 1. The monoisotopic (exact) mass is 307 g/mol. The van der Waals surface area contributed by atoms with Crippen molar-refractivity contribution in [3.05, 3.63) is 30.0 Å². The molecule has 0 atom stereocenters. The smallest absolute Gasteiger partial charge is 0.306 e. The zero-order valence-electron chi connectivity index (χ0n) is 11.7. The van der Waals surface area contributed by atoms with Gasteiger partial charge in [-0.25, -0.2) is 13.8 Å². The molecule has 2 N–H and O–H groups in total. The van der Waals surface area contributed by atoms with Crippen molar-refractivity contribution < 1.29 is 18.7 Å². The van der Waals surface area contributed by atoms with Gasteiger partial charge in [0.1, 0.15) is 5.82 Å². The van der Waals surface area contributed by atoms with E-state index in [0.29, 0.717) is 24.2 Å². The SMILES string of the molecule is O=C(O)C1CCC(Nc2cnc3cc(F)c(F)cc3n2)CC1. The minimum Gasteiger partial charge on any atom is -0.481 e. The number of rotatable bonds is 3. The van der Waals surface area contributed by atoms with E-state index < -0.39 is 17.6 Å². The molecular weight excluding hydrogens is 292 g/mol. The lowest BCUT2D eigenvalue weighted by Gasteiger charge is -2.27. The van der Waals surface area contributed by atoms with E-state index in [0.717, 1.165) is 25.0 Å². The van der Waals surface area contributed by atoms with Crippen molar-refractivity contribution in [1.82, 2.24) is 9.97 Å². The molecule has 0 amide bonds.